The van der Waals surface area contributed by atoms with Crippen molar-refractivity contribution < 1.29 is 4.74 Å². The van der Waals surface area contributed by atoms with Crippen molar-refractivity contribution in [3.63, 3.8) is 0 Å². The van der Waals surface area contributed by atoms with E-state index < -0.39 is 0 Å². The van der Waals surface area contributed by atoms with Gasteiger partial charge in [0.25, 0.3) is 0 Å². The van der Waals surface area contributed by atoms with Crippen molar-refractivity contribution in [1.29, 1.82) is 0 Å². The van der Waals surface area contributed by atoms with Gasteiger partial charge < -0.3 is 19.9 Å². The average molecular weight is 519 g/mol. The van der Waals surface area contributed by atoms with Gasteiger partial charge in [0, 0.05) is 36.1 Å². The lowest BCUT2D eigenvalue weighted by Gasteiger charge is -2.41. The van der Waals surface area contributed by atoms with Gasteiger partial charge >= 0.3 is 0 Å². The number of hydrogen-bond acceptors (Lipinski definition) is 4. The molecule has 0 amide bonds. The van der Waals surface area contributed by atoms with Gasteiger partial charge in [-0.1, -0.05) is 35.9 Å². The van der Waals surface area contributed by atoms with E-state index in [0.717, 1.165) is 33.3 Å². The Hall–Kier alpha value is -3.09. The van der Waals surface area contributed by atoms with E-state index in [-0.39, 0.29) is 17.6 Å². The smallest absolute Gasteiger partial charge is 0.170 e. The fraction of sp³-hybridized carbons (Fsp3) is 0.310. The Kier molecular flexibility index (Phi) is 6.43. The second-order valence-electron chi connectivity index (χ2n) is 10.0. The molecule has 36 heavy (non-hydrogen) atoms. The molecular weight excluding hydrogens is 488 g/mol. The number of likely N-dealkylation sites (N-methyl/N-ethyl adjacent to an activating group) is 1. The third-order valence-corrected chi connectivity index (χ3v) is 8.04. The Morgan fingerprint density at radius 3 is 2.56 bits per heavy atom. The number of nitrogens with one attached hydrogen (secondary N) is 1. The topological polar surface area (TPSA) is 40.6 Å². The average Bonchev–Trinajstić information content (AvgIpc) is 3.18. The first kappa shape index (κ1) is 24.6. The van der Waals surface area contributed by atoms with E-state index in [2.05, 4.69) is 78.3 Å². The van der Waals surface area contributed by atoms with Crippen molar-refractivity contribution in [2.75, 3.05) is 19.1 Å². The Morgan fingerprint density at radius 1 is 1.14 bits per heavy atom. The number of methoxy groups -OCH3 is 1. The Bertz CT molecular complexity index is 1320. The zero-order valence-electron chi connectivity index (χ0n) is 21.2. The summed E-state index contributed by atoms with van der Waals surface area (Å²) in [6.45, 7) is 7.25. The summed E-state index contributed by atoms with van der Waals surface area (Å²) in [6, 6.07) is 18.2. The van der Waals surface area contributed by atoms with Crippen LogP contribution in [0.25, 0.3) is 5.57 Å². The molecule has 0 bridgehead atoms. The molecule has 3 aromatic rings. The number of halogens is 1. The Labute approximate surface area is 223 Å². The molecule has 2 aliphatic rings. The van der Waals surface area contributed by atoms with Crippen LogP contribution in [-0.4, -0.2) is 34.7 Å². The lowest BCUT2D eigenvalue weighted by atomic mass is 9.86. The van der Waals surface area contributed by atoms with Crippen molar-refractivity contribution in [2.24, 2.45) is 0 Å². The maximum Gasteiger partial charge on any atom is 0.170 e. The summed E-state index contributed by atoms with van der Waals surface area (Å²) >= 11 is 13.0. The third kappa shape index (κ3) is 4.33. The predicted molar refractivity (Wildman–Crippen MR) is 152 cm³/mol. The summed E-state index contributed by atoms with van der Waals surface area (Å²) in [4.78, 5) is 9.18. The van der Waals surface area contributed by atoms with E-state index in [1.165, 1.54) is 11.1 Å². The van der Waals surface area contributed by atoms with E-state index in [1.54, 1.807) is 7.11 Å². The van der Waals surface area contributed by atoms with Crippen LogP contribution in [-0.2, 0) is 6.54 Å². The first-order chi connectivity index (χ1) is 17.2. The van der Waals surface area contributed by atoms with Crippen LogP contribution in [0.15, 0.2) is 66.9 Å². The number of rotatable bonds is 5. The molecule has 0 saturated carbocycles. The van der Waals surface area contributed by atoms with Crippen LogP contribution < -0.4 is 15.0 Å². The quantitative estimate of drug-likeness (QED) is 0.386. The van der Waals surface area contributed by atoms with Gasteiger partial charge in [-0.25, -0.2) is 0 Å². The zero-order valence-corrected chi connectivity index (χ0v) is 22.8. The number of thiocarbonyl (C=S) groups is 1. The van der Waals surface area contributed by atoms with E-state index in [1.807, 2.05) is 36.5 Å². The van der Waals surface area contributed by atoms with Gasteiger partial charge in [0.15, 0.2) is 5.11 Å². The number of hydrogen-bond donors (Lipinski definition) is 1. The van der Waals surface area contributed by atoms with Crippen molar-refractivity contribution in [2.45, 2.75) is 44.9 Å². The maximum absolute atomic E-state index is 7.07. The number of fused-ring (bicyclic) bond motifs is 1. The molecule has 2 atom stereocenters. The summed E-state index contributed by atoms with van der Waals surface area (Å²) in [5.41, 5.74) is 6.59. The van der Waals surface area contributed by atoms with Crippen LogP contribution in [0, 0.1) is 0 Å². The molecule has 0 radical (unpaired) electrons. The molecule has 2 aliphatic heterocycles. The normalized spacial score (nSPS) is 20.6. The molecule has 3 heterocycles. The minimum absolute atomic E-state index is 0.0880. The van der Waals surface area contributed by atoms with Crippen molar-refractivity contribution in [3.8, 4) is 5.75 Å². The zero-order chi connectivity index (χ0) is 25.6. The fourth-order valence-corrected chi connectivity index (χ4v) is 5.83. The van der Waals surface area contributed by atoms with Crippen LogP contribution in [0.1, 0.15) is 55.2 Å². The van der Waals surface area contributed by atoms with Gasteiger partial charge in [-0.2, -0.15) is 0 Å². The number of ether oxygens (including phenoxy) is 1. The molecule has 7 heteroatoms. The Morgan fingerprint density at radius 2 is 1.89 bits per heavy atom. The first-order valence-corrected chi connectivity index (χ1v) is 12.9. The molecule has 186 valence electrons. The molecule has 5 rings (SSSR count). The largest absolute Gasteiger partial charge is 0.497 e. The van der Waals surface area contributed by atoms with Crippen LogP contribution in [0.2, 0.25) is 5.02 Å². The van der Waals surface area contributed by atoms with Gasteiger partial charge in [0.1, 0.15) is 5.75 Å². The molecule has 2 aromatic carbocycles. The lowest BCUT2D eigenvalue weighted by molar-refractivity contribution is 0.311. The van der Waals surface area contributed by atoms with Crippen LogP contribution in [0.4, 0.5) is 5.69 Å². The van der Waals surface area contributed by atoms with Crippen LogP contribution in [0.3, 0.4) is 0 Å². The maximum atomic E-state index is 7.07. The molecule has 0 aliphatic carbocycles. The molecule has 1 saturated heterocycles. The highest BCUT2D eigenvalue weighted by Crippen LogP contribution is 2.47. The van der Waals surface area contributed by atoms with Crippen LogP contribution >= 0.6 is 23.8 Å². The number of benzene rings is 2. The molecule has 1 N–H and O–H groups in total. The third-order valence-electron chi connectivity index (χ3n) is 7.36. The Balaban J connectivity index is 1.62. The number of allylic oxidation sites excluding steroid dienone is 1. The number of anilines is 1. The summed E-state index contributed by atoms with van der Waals surface area (Å²) in [7, 11) is 3.80. The standard InChI is InChI=1S/C29H31ClN4OS/c1-18-16-29(2,3)33(4)25-15-23(30)22(14-21(18)25)27-26(24-8-6-7-13-31-24)32-28(36)34(27)17-19-9-11-20(35-5)12-10-19/h6-16,26-27H,17H2,1-5H3,(H,32,36)/t26-,27-/m1/s1. The molecule has 1 fully saturated rings. The molecule has 0 unspecified atom stereocenters. The van der Waals surface area contributed by atoms with E-state index in [9.17, 15) is 0 Å². The minimum Gasteiger partial charge on any atom is -0.497 e. The second-order valence-corrected chi connectivity index (χ2v) is 10.8. The van der Waals surface area contributed by atoms with Crippen molar-refractivity contribution >= 4 is 40.2 Å². The fourth-order valence-electron chi connectivity index (χ4n) is 5.26. The highest BCUT2D eigenvalue weighted by molar-refractivity contribution is 7.80. The minimum atomic E-state index is -0.130. The second kappa shape index (κ2) is 9.41. The van der Waals surface area contributed by atoms with E-state index in [4.69, 9.17) is 28.6 Å². The van der Waals surface area contributed by atoms with Crippen molar-refractivity contribution in [1.82, 2.24) is 15.2 Å². The first-order valence-electron chi connectivity index (χ1n) is 12.1. The van der Waals surface area contributed by atoms with E-state index in [0.29, 0.717) is 11.7 Å². The number of aromatic nitrogens is 1. The highest BCUT2D eigenvalue weighted by atomic mass is 35.5. The van der Waals surface area contributed by atoms with E-state index >= 15 is 0 Å². The van der Waals surface area contributed by atoms with Gasteiger partial charge in [0.05, 0.1) is 30.4 Å². The highest BCUT2D eigenvalue weighted by Gasteiger charge is 2.41. The monoisotopic (exact) mass is 518 g/mol. The molecule has 0 spiro atoms. The van der Waals surface area contributed by atoms with Gasteiger partial charge in [-0.05, 0) is 86.1 Å². The molecule has 5 nitrogen and oxygen atoms in total. The molecule has 1 aromatic heterocycles. The summed E-state index contributed by atoms with van der Waals surface area (Å²) in [5, 5.41) is 4.95. The van der Waals surface area contributed by atoms with Gasteiger partial charge in [-0.15, -0.1) is 0 Å². The summed E-state index contributed by atoms with van der Waals surface area (Å²) in [5.74, 6) is 0.829. The number of nitrogens with zero attached hydrogens (tertiary/aromatic N) is 3. The summed E-state index contributed by atoms with van der Waals surface area (Å²) in [6.07, 6.45) is 4.14. The van der Waals surface area contributed by atoms with Crippen LogP contribution in [0.5, 0.6) is 5.75 Å². The summed E-state index contributed by atoms with van der Waals surface area (Å²) < 4.78 is 5.34. The van der Waals surface area contributed by atoms with Crippen molar-refractivity contribution in [3.05, 3.63) is 94.3 Å². The molecular formula is C29H31ClN4OS. The van der Waals surface area contributed by atoms with Gasteiger partial charge in [-0.3, -0.25) is 4.98 Å². The lowest BCUT2D eigenvalue weighted by Crippen LogP contribution is -2.42. The number of pyridine rings is 1. The van der Waals surface area contributed by atoms with Gasteiger partial charge in [0.2, 0.25) is 0 Å². The predicted octanol–water partition coefficient (Wildman–Crippen LogP) is 6.55. The SMILES string of the molecule is COc1ccc(CN2C(=S)N[C@H](c3ccccn3)[C@H]2c2cc3c(cc2Cl)N(C)C(C)(C)C=C3C)cc1.